The molecular formula is C17H25N7O3. The van der Waals surface area contributed by atoms with E-state index in [1.54, 1.807) is 13.4 Å². The highest BCUT2D eigenvalue weighted by atomic mass is 16.5. The lowest BCUT2D eigenvalue weighted by molar-refractivity contribution is -0.133. The third-order valence-corrected chi connectivity index (χ3v) is 5.22. The van der Waals surface area contributed by atoms with Crippen LogP contribution in [0.4, 0.5) is 0 Å². The number of aromatic nitrogens is 6. The van der Waals surface area contributed by atoms with E-state index in [-0.39, 0.29) is 30.1 Å². The van der Waals surface area contributed by atoms with Crippen LogP contribution in [0.3, 0.4) is 0 Å². The number of piperidine rings is 1. The predicted molar refractivity (Wildman–Crippen MR) is 95.2 cm³/mol. The minimum atomic E-state index is -0.0596. The molecule has 2 aromatic heterocycles. The number of carbonyl (C=O) groups is 1. The van der Waals surface area contributed by atoms with Gasteiger partial charge in [0, 0.05) is 32.2 Å². The summed E-state index contributed by atoms with van der Waals surface area (Å²) in [7, 11) is 1.61. The van der Waals surface area contributed by atoms with Crippen molar-refractivity contribution in [3.05, 3.63) is 29.0 Å². The Morgan fingerprint density at radius 1 is 1.33 bits per heavy atom. The number of carbonyl (C=O) groups excluding carboxylic acids is 1. The molecule has 1 unspecified atom stereocenters. The van der Waals surface area contributed by atoms with E-state index in [2.05, 4.69) is 15.2 Å². The Hall–Kier alpha value is -2.49. The molecule has 1 aliphatic heterocycles. The van der Waals surface area contributed by atoms with Gasteiger partial charge in [0.15, 0.2) is 0 Å². The number of hydrogen-bond donors (Lipinski definition) is 0. The standard InChI is InChI=1S/C17H25N7O3/c1-27-8-7-23-17(26)24(14-4-5-14)16(20-23)13-3-2-6-21(9-13)15(25)10-22-12-18-11-19-22/h11-14H,2-10H2,1H3. The van der Waals surface area contributed by atoms with Crippen molar-refractivity contribution < 1.29 is 9.53 Å². The monoisotopic (exact) mass is 375 g/mol. The van der Waals surface area contributed by atoms with Gasteiger partial charge in [-0.25, -0.2) is 19.1 Å². The van der Waals surface area contributed by atoms with E-state index in [9.17, 15) is 9.59 Å². The summed E-state index contributed by atoms with van der Waals surface area (Å²) in [6.07, 6.45) is 6.84. The number of ether oxygens (including phenoxy) is 1. The maximum atomic E-state index is 12.8. The summed E-state index contributed by atoms with van der Waals surface area (Å²) in [5, 5.41) is 8.63. The molecule has 0 N–H and O–H groups in total. The number of methoxy groups -OCH3 is 1. The first-order valence-corrected chi connectivity index (χ1v) is 9.45. The van der Waals surface area contributed by atoms with Crippen LogP contribution < -0.4 is 5.69 Å². The fourth-order valence-electron chi connectivity index (χ4n) is 3.68. The number of likely N-dealkylation sites (tertiary alicyclic amines) is 1. The SMILES string of the molecule is COCCn1nc(C2CCCN(C(=O)Cn3cncn3)C2)n(C2CC2)c1=O. The van der Waals surface area contributed by atoms with Crippen LogP contribution in [-0.2, 0) is 22.6 Å². The predicted octanol–water partition coefficient (Wildman–Crippen LogP) is 0.0238. The zero-order chi connectivity index (χ0) is 18.8. The zero-order valence-electron chi connectivity index (χ0n) is 15.5. The van der Waals surface area contributed by atoms with E-state index in [1.807, 2.05) is 9.47 Å². The molecular weight excluding hydrogens is 350 g/mol. The van der Waals surface area contributed by atoms with Crippen molar-refractivity contribution in [3.8, 4) is 0 Å². The van der Waals surface area contributed by atoms with Gasteiger partial charge < -0.3 is 9.64 Å². The molecule has 4 rings (SSSR count). The zero-order valence-corrected chi connectivity index (χ0v) is 15.5. The molecule has 2 aliphatic rings. The Kier molecular flexibility index (Phi) is 5.06. The Labute approximate surface area is 156 Å². The molecule has 2 fully saturated rings. The van der Waals surface area contributed by atoms with Gasteiger partial charge in [-0.15, -0.1) is 0 Å². The largest absolute Gasteiger partial charge is 0.383 e. The van der Waals surface area contributed by atoms with E-state index >= 15 is 0 Å². The number of hydrogen-bond acceptors (Lipinski definition) is 6. The van der Waals surface area contributed by atoms with Crippen molar-refractivity contribution in [2.45, 2.75) is 50.7 Å². The van der Waals surface area contributed by atoms with Gasteiger partial charge in [-0.1, -0.05) is 0 Å². The summed E-state index contributed by atoms with van der Waals surface area (Å²) >= 11 is 0. The average molecular weight is 375 g/mol. The van der Waals surface area contributed by atoms with Crippen LogP contribution in [0.15, 0.2) is 17.4 Å². The van der Waals surface area contributed by atoms with E-state index in [0.717, 1.165) is 38.1 Å². The van der Waals surface area contributed by atoms with Crippen molar-refractivity contribution >= 4 is 5.91 Å². The highest BCUT2D eigenvalue weighted by molar-refractivity contribution is 5.76. The van der Waals surface area contributed by atoms with E-state index in [0.29, 0.717) is 19.7 Å². The Morgan fingerprint density at radius 3 is 2.89 bits per heavy atom. The summed E-state index contributed by atoms with van der Waals surface area (Å²) in [4.78, 5) is 31.1. The lowest BCUT2D eigenvalue weighted by atomic mass is 9.97. The van der Waals surface area contributed by atoms with Gasteiger partial charge in [0.05, 0.1) is 13.2 Å². The van der Waals surface area contributed by atoms with Crippen LogP contribution in [0, 0.1) is 0 Å². The van der Waals surface area contributed by atoms with Crippen LogP contribution in [0.5, 0.6) is 0 Å². The van der Waals surface area contributed by atoms with Gasteiger partial charge >= 0.3 is 5.69 Å². The average Bonchev–Trinajstić information content (AvgIpc) is 3.28. The fourth-order valence-corrected chi connectivity index (χ4v) is 3.68. The van der Waals surface area contributed by atoms with Crippen LogP contribution in [-0.4, -0.2) is 66.7 Å². The molecule has 1 aliphatic carbocycles. The second kappa shape index (κ2) is 7.63. The van der Waals surface area contributed by atoms with Gasteiger partial charge in [0.1, 0.15) is 25.0 Å². The summed E-state index contributed by atoms with van der Waals surface area (Å²) in [6.45, 7) is 2.39. The van der Waals surface area contributed by atoms with Gasteiger partial charge in [-0.3, -0.25) is 9.36 Å². The van der Waals surface area contributed by atoms with Crippen LogP contribution in [0.25, 0.3) is 0 Å². The Bertz CT molecular complexity index is 837. The molecule has 1 amide bonds. The van der Waals surface area contributed by atoms with Gasteiger partial charge in [-0.05, 0) is 25.7 Å². The molecule has 3 heterocycles. The van der Waals surface area contributed by atoms with Crippen LogP contribution >= 0.6 is 0 Å². The maximum Gasteiger partial charge on any atom is 0.346 e. The van der Waals surface area contributed by atoms with E-state index in [1.165, 1.54) is 15.7 Å². The van der Waals surface area contributed by atoms with Crippen LogP contribution in [0.1, 0.15) is 43.5 Å². The molecule has 27 heavy (non-hydrogen) atoms. The Morgan fingerprint density at radius 2 is 2.19 bits per heavy atom. The van der Waals surface area contributed by atoms with E-state index in [4.69, 9.17) is 4.74 Å². The van der Waals surface area contributed by atoms with Crippen molar-refractivity contribution in [1.29, 1.82) is 0 Å². The number of amides is 1. The molecule has 2 aromatic rings. The first-order valence-electron chi connectivity index (χ1n) is 9.45. The van der Waals surface area contributed by atoms with Gasteiger partial charge in [0.25, 0.3) is 0 Å². The highest BCUT2D eigenvalue weighted by Gasteiger charge is 2.35. The Balaban J connectivity index is 1.52. The highest BCUT2D eigenvalue weighted by Crippen LogP contribution is 2.37. The first-order chi connectivity index (χ1) is 13.2. The summed E-state index contributed by atoms with van der Waals surface area (Å²) in [5.41, 5.74) is -0.0596. The van der Waals surface area contributed by atoms with Gasteiger partial charge in [-0.2, -0.15) is 10.2 Å². The van der Waals surface area contributed by atoms with Crippen molar-refractivity contribution in [2.75, 3.05) is 26.8 Å². The molecule has 0 radical (unpaired) electrons. The third-order valence-electron chi connectivity index (χ3n) is 5.22. The normalized spacial score (nSPS) is 20.2. The molecule has 1 saturated heterocycles. The maximum absolute atomic E-state index is 12.8. The smallest absolute Gasteiger partial charge is 0.346 e. The quantitative estimate of drug-likeness (QED) is 0.677. The van der Waals surface area contributed by atoms with E-state index < -0.39 is 0 Å². The van der Waals surface area contributed by atoms with Crippen LogP contribution in [0.2, 0.25) is 0 Å². The minimum Gasteiger partial charge on any atom is -0.383 e. The fraction of sp³-hybridized carbons (Fsp3) is 0.706. The van der Waals surface area contributed by atoms with Gasteiger partial charge in [0.2, 0.25) is 5.91 Å². The molecule has 10 heteroatoms. The molecule has 146 valence electrons. The molecule has 1 atom stereocenters. The molecule has 0 bridgehead atoms. The lowest BCUT2D eigenvalue weighted by Crippen LogP contribution is -2.41. The summed E-state index contributed by atoms with van der Waals surface area (Å²) < 4.78 is 9.99. The lowest BCUT2D eigenvalue weighted by Gasteiger charge is -2.32. The number of rotatable bonds is 7. The summed E-state index contributed by atoms with van der Waals surface area (Å²) in [5.74, 6) is 0.914. The molecule has 0 spiro atoms. The summed E-state index contributed by atoms with van der Waals surface area (Å²) in [6, 6.07) is 0.255. The second-order valence-electron chi connectivity index (χ2n) is 7.23. The van der Waals surface area contributed by atoms with Crippen molar-refractivity contribution in [3.63, 3.8) is 0 Å². The number of nitrogens with zero attached hydrogens (tertiary/aromatic N) is 7. The second-order valence-corrected chi connectivity index (χ2v) is 7.23. The minimum absolute atomic E-state index is 0.0179. The van der Waals surface area contributed by atoms with Crippen molar-refractivity contribution in [1.82, 2.24) is 34.0 Å². The topological polar surface area (TPSA) is 100 Å². The molecule has 10 nitrogen and oxygen atoms in total. The third kappa shape index (κ3) is 3.80. The molecule has 1 saturated carbocycles. The van der Waals surface area contributed by atoms with Crippen molar-refractivity contribution in [2.24, 2.45) is 0 Å². The first kappa shape index (κ1) is 17.9. The molecule has 0 aromatic carbocycles.